The van der Waals surface area contributed by atoms with Crippen molar-refractivity contribution in [3.63, 3.8) is 0 Å². The molecule has 2 atom stereocenters. The second kappa shape index (κ2) is 7.56. The van der Waals surface area contributed by atoms with E-state index in [0.717, 1.165) is 23.8 Å². The predicted molar refractivity (Wildman–Crippen MR) is 71.6 cm³/mol. The van der Waals surface area contributed by atoms with E-state index in [2.05, 4.69) is 37.8 Å². The molecule has 0 spiro atoms. The van der Waals surface area contributed by atoms with Gasteiger partial charge < -0.3 is 5.32 Å². The minimum atomic E-state index is 0.760. The molecule has 0 saturated carbocycles. The highest BCUT2D eigenvalue weighted by Gasteiger charge is 2.28. The lowest BCUT2D eigenvalue weighted by atomic mass is 9.89. The van der Waals surface area contributed by atoms with E-state index in [4.69, 9.17) is 0 Å². The fraction of sp³-hybridized carbons (Fsp3) is 1.00. The number of hydrogen-bond donors (Lipinski definition) is 1. The first-order chi connectivity index (χ1) is 7.33. The molecule has 0 bridgehead atoms. The molecule has 0 amide bonds. The molecular formula is C13H27NS. The van der Waals surface area contributed by atoms with Crippen molar-refractivity contribution in [2.75, 3.05) is 12.3 Å². The van der Waals surface area contributed by atoms with Gasteiger partial charge in [-0.3, -0.25) is 0 Å². The van der Waals surface area contributed by atoms with Crippen molar-refractivity contribution in [3.8, 4) is 0 Å². The van der Waals surface area contributed by atoms with Gasteiger partial charge in [-0.2, -0.15) is 11.8 Å². The first kappa shape index (κ1) is 13.4. The number of thioether (sulfide) groups is 1. The van der Waals surface area contributed by atoms with Crippen molar-refractivity contribution in [2.45, 2.75) is 64.2 Å². The van der Waals surface area contributed by atoms with Crippen molar-refractivity contribution in [3.05, 3.63) is 0 Å². The van der Waals surface area contributed by atoms with Crippen molar-refractivity contribution in [1.29, 1.82) is 0 Å². The van der Waals surface area contributed by atoms with Crippen LogP contribution in [0.5, 0.6) is 0 Å². The van der Waals surface area contributed by atoms with Crippen LogP contribution in [0.1, 0.15) is 52.9 Å². The van der Waals surface area contributed by atoms with Crippen LogP contribution < -0.4 is 5.32 Å². The maximum absolute atomic E-state index is 3.73. The Morgan fingerprint density at radius 1 is 1.20 bits per heavy atom. The van der Waals surface area contributed by atoms with Gasteiger partial charge in [-0.05, 0) is 31.1 Å². The molecule has 0 aromatic heterocycles. The summed E-state index contributed by atoms with van der Waals surface area (Å²) in [6, 6.07) is 0.760. The SMILES string of the molecule is CCNC(C(CC)CC)C1CCCCS1. The summed E-state index contributed by atoms with van der Waals surface area (Å²) in [5, 5.41) is 4.61. The lowest BCUT2D eigenvalue weighted by Gasteiger charge is -2.35. The standard InChI is InChI=1S/C13H27NS/c1-4-11(5-2)13(14-6-3)12-9-7-8-10-15-12/h11-14H,4-10H2,1-3H3. The average Bonchev–Trinajstić information content (AvgIpc) is 2.30. The van der Waals surface area contributed by atoms with Crippen LogP contribution in [0, 0.1) is 5.92 Å². The zero-order valence-corrected chi connectivity index (χ0v) is 11.4. The minimum absolute atomic E-state index is 0.760. The van der Waals surface area contributed by atoms with Gasteiger partial charge in [0.05, 0.1) is 0 Å². The number of rotatable bonds is 6. The van der Waals surface area contributed by atoms with E-state index in [0.29, 0.717) is 0 Å². The summed E-state index contributed by atoms with van der Waals surface area (Å²) in [5.41, 5.74) is 0. The Labute approximate surface area is 99.8 Å². The summed E-state index contributed by atoms with van der Waals surface area (Å²) in [6.45, 7) is 8.04. The fourth-order valence-corrected chi connectivity index (χ4v) is 4.22. The van der Waals surface area contributed by atoms with Crippen LogP contribution in [-0.2, 0) is 0 Å². The van der Waals surface area contributed by atoms with E-state index in [1.807, 2.05) is 0 Å². The van der Waals surface area contributed by atoms with Crippen LogP contribution in [0.2, 0.25) is 0 Å². The molecule has 1 aliphatic heterocycles. The molecule has 0 aromatic carbocycles. The van der Waals surface area contributed by atoms with Crippen LogP contribution in [0.3, 0.4) is 0 Å². The third kappa shape index (κ3) is 3.99. The normalized spacial score (nSPS) is 24.4. The number of hydrogen-bond acceptors (Lipinski definition) is 2. The van der Waals surface area contributed by atoms with Crippen LogP contribution >= 0.6 is 11.8 Å². The van der Waals surface area contributed by atoms with Gasteiger partial charge in [0, 0.05) is 11.3 Å². The first-order valence-corrected chi connectivity index (χ1v) is 7.73. The second-order valence-corrected chi connectivity index (χ2v) is 5.91. The van der Waals surface area contributed by atoms with Gasteiger partial charge in [0.25, 0.3) is 0 Å². The molecule has 2 unspecified atom stereocenters. The van der Waals surface area contributed by atoms with Crippen molar-refractivity contribution < 1.29 is 0 Å². The maximum atomic E-state index is 3.73. The molecule has 15 heavy (non-hydrogen) atoms. The second-order valence-electron chi connectivity index (χ2n) is 4.57. The fourth-order valence-electron chi connectivity index (χ4n) is 2.68. The highest BCUT2D eigenvalue weighted by Crippen LogP contribution is 2.32. The summed E-state index contributed by atoms with van der Waals surface area (Å²) in [6.07, 6.45) is 6.96. The van der Waals surface area contributed by atoms with E-state index in [9.17, 15) is 0 Å². The summed E-state index contributed by atoms with van der Waals surface area (Å²) >= 11 is 2.21. The van der Waals surface area contributed by atoms with Crippen molar-refractivity contribution >= 4 is 11.8 Å². The summed E-state index contributed by atoms with van der Waals surface area (Å²) in [7, 11) is 0. The molecule has 0 aliphatic carbocycles. The quantitative estimate of drug-likeness (QED) is 0.745. The molecule has 2 heteroatoms. The Kier molecular flexibility index (Phi) is 6.74. The molecule has 1 fully saturated rings. The molecule has 0 radical (unpaired) electrons. The molecule has 1 nitrogen and oxygen atoms in total. The van der Waals surface area contributed by atoms with Crippen LogP contribution in [-0.4, -0.2) is 23.6 Å². The van der Waals surface area contributed by atoms with Gasteiger partial charge in [-0.15, -0.1) is 0 Å². The molecular weight excluding hydrogens is 202 g/mol. The highest BCUT2D eigenvalue weighted by molar-refractivity contribution is 8.00. The van der Waals surface area contributed by atoms with Gasteiger partial charge >= 0.3 is 0 Å². The lowest BCUT2D eigenvalue weighted by Crippen LogP contribution is -2.44. The molecule has 0 aromatic rings. The van der Waals surface area contributed by atoms with E-state index in [1.54, 1.807) is 0 Å². The molecule has 90 valence electrons. The summed E-state index contributed by atoms with van der Waals surface area (Å²) < 4.78 is 0. The molecule has 1 aliphatic rings. The van der Waals surface area contributed by atoms with Gasteiger partial charge in [0.2, 0.25) is 0 Å². The van der Waals surface area contributed by atoms with E-state index in [1.165, 1.54) is 37.9 Å². The smallest absolute Gasteiger partial charge is 0.0214 e. The summed E-state index contributed by atoms with van der Waals surface area (Å²) in [4.78, 5) is 0. The van der Waals surface area contributed by atoms with E-state index in [-0.39, 0.29) is 0 Å². The lowest BCUT2D eigenvalue weighted by molar-refractivity contribution is 0.320. The third-order valence-corrected chi connectivity index (χ3v) is 5.09. The van der Waals surface area contributed by atoms with Gasteiger partial charge in [0.15, 0.2) is 0 Å². The van der Waals surface area contributed by atoms with Gasteiger partial charge in [-0.1, -0.05) is 40.0 Å². The average molecular weight is 229 g/mol. The van der Waals surface area contributed by atoms with Crippen molar-refractivity contribution in [1.82, 2.24) is 5.32 Å². The zero-order valence-electron chi connectivity index (χ0n) is 10.6. The number of nitrogens with one attached hydrogen (secondary N) is 1. The third-order valence-electron chi connectivity index (χ3n) is 3.61. The maximum Gasteiger partial charge on any atom is 0.0214 e. The van der Waals surface area contributed by atoms with Crippen LogP contribution in [0.25, 0.3) is 0 Å². The molecule has 1 rings (SSSR count). The van der Waals surface area contributed by atoms with Gasteiger partial charge in [0.1, 0.15) is 0 Å². The molecule has 1 N–H and O–H groups in total. The van der Waals surface area contributed by atoms with Gasteiger partial charge in [-0.25, -0.2) is 0 Å². The molecule has 1 saturated heterocycles. The Bertz CT molecular complexity index is 151. The van der Waals surface area contributed by atoms with Crippen LogP contribution in [0.15, 0.2) is 0 Å². The van der Waals surface area contributed by atoms with Crippen LogP contribution in [0.4, 0.5) is 0 Å². The Morgan fingerprint density at radius 3 is 2.40 bits per heavy atom. The Balaban J connectivity index is 2.53. The topological polar surface area (TPSA) is 12.0 Å². The monoisotopic (exact) mass is 229 g/mol. The summed E-state index contributed by atoms with van der Waals surface area (Å²) in [5.74, 6) is 2.26. The minimum Gasteiger partial charge on any atom is -0.313 e. The van der Waals surface area contributed by atoms with E-state index < -0.39 is 0 Å². The first-order valence-electron chi connectivity index (χ1n) is 6.68. The van der Waals surface area contributed by atoms with Crippen molar-refractivity contribution in [2.24, 2.45) is 5.92 Å². The predicted octanol–water partition coefficient (Wildman–Crippen LogP) is 3.69. The highest BCUT2D eigenvalue weighted by atomic mass is 32.2. The Morgan fingerprint density at radius 2 is 1.93 bits per heavy atom. The van der Waals surface area contributed by atoms with E-state index >= 15 is 0 Å². The largest absolute Gasteiger partial charge is 0.313 e. The zero-order chi connectivity index (χ0) is 11.1. The molecule has 1 heterocycles. The Hall–Kier alpha value is 0.310.